The van der Waals surface area contributed by atoms with Crippen LogP contribution in [0.4, 0.5) is 5.69 Å². The summed E-state index contributed by atoms with van der Waals surface area (Å²) in [7, 11) is 2.06. The zero-order valence-electron chi connectivity index (χ0n) is 12.3. The Morgan fingerprint density at radius 3 is 2.30 bits per heavy atom. The maximum atomic E-state index is 7.65. The molecule has 0 aromatic heterocycles. The zero-order chi connectivity index (χ0) is 14.7. The van der Waals surface area contributed by atoms with E-state index in [0.29, 0.717) is 0 Å². The summed E-state index contributed by atoms with van der Waals surface area (Å²) in [5.41, 5.74) is 11.2. The van der Waals surface area contributed by atoms with E-state index in [2.05, 4.69) is 44.0 Å². The monoisotopic (exact) mass is 267 g/mol. The minimum atomic E-state index is 0.120. The number of aryl methyl sites for hydroxylation is 2. The summed E-state index contributed by atoms with van der Waals surface area (Å²) < 4.78 is 0. The van der Waals surface area contributed by atoms with E-state index < -0.39 is 0 Å². The molecule has 3 N–H and O–H groups in total. The van der Waals surface area contributed by atoms with Gasteiger partial charge in [-0.3, -0.25) is 5.41 Å². The Kier molecular flexibility index (Phi) is 4.08. The summed E-state index contributed by atoms with van der Waals surface area (Å²) >= 11 is 0. The van der Waals surface area contributed by atoms with E-state index in [4.69, 9.17) is 11.1 Å². The van der Waals surface area contributed by atoms with Gasteiger partial charge < -0.3 is 10.6 Å². The molecule has 0 spiro atoms. The molecule has 0 saturated heterocycles. The highest BCUT2D eigenvalue weighted by Crippen LogP contribution is 2.20. The van der Waals surface area contributed by atoms with Crippen molar-refractivity contribution in [3.8, 4) is 0 Å². The Bertz CT molecular complexity index is 612. The molecule has 0 aliphatic heterocycles. The van der Waals surface area contributed by atoms with Crippen molar-refractivity contribution in [2.75, 3.05) is 11.9 Å². The fourth-order valence-electron chi connectivity index (χ4n) is 2.44. The van der Waals surface area contributed by atoms with Gasteiger partial charge in [-0.05, 0) is 42.7 Å². The quantitative estimate of drug-likeness (QED) is 0.660. The molecule has 0 aliphatic rings. The van der Waals surface area contributed by atoms with Crippen molar-refractivity contribution in [1.82, 2.24) is 0 Å². The van der Waals surface area contributed by atoms with E-state index in [1.807, 2.05) is 24.3 Å². The van der Waals surface area contributed by atoms with Gasteiger partial charge in [-0.25, -0.2) is 0 Å². The molecule has 3 nitrogen and oxygen atoms in total. The van der Waals surface area contributed by atoms with Crippen molar-refractivity contribution in [1.29, 1.82) is 5.41 Å². The number of nitrogens with two attached hydrogens (primary N) is 1. The molecule has 0 amide bonds. The van der Waals surface area contributed by atoms with Crippen molar-refractivity contribution >= 4 is 11.5 Å². The highest BCUT2D eigenvalue weighted by Gasteiger charge is 2.08. The first-order valence-corrected chi connectivity index (χ1v) is 6.69. The van der Waals surface area contributed by atoms with Crippen LogP contribution in [0.15, 0.2) is 42.5 Å². The van der Waals surface area contributed by atoms with Crippen LogP contribution in [0.5, 0.6) is 0 Å². The lowest BCUT2D eigenvalue weighted by molar-refractivity contribution is 0.918. The molecule has 104 valence electrons. The predicted octanol–water partition coefficient (Wildman–Crippen LogP) is 3.22. The first-order chi connectivity index (χ1) is 9.47. The van der Waals surface area contributed by atoms with Crippen LogP contribution in [0.3, 0.4) is 0 Å². The van der Waals surface area contributed by atoms with Crippen LogP contribution in [0.2, 0.25) is 0 Å². The van der Waals surface area contributed by atoms with Crippen molar-refractivity contribution < 1.29 is 0 Å². The molecule has 0 aliphatic carbocycles. The third-order valence-corrected chi connectivity index (χ3v) is 3.36. The zero-order valence-corrected chi connectivity index (χ0v) is 12.3. The molecule has 0 saturated carbocycles. The average molecular weight is 267 g/mol. The molecule has 0 bridgehead atoms. The third-order valence-electron chi connectivity index (χ3n) is 3.36. The van der Waals surface area contributed by atoms with Gasteiger partial charge in [0.25, 0.3) is 0 Å². The molecule has 2 aromatic carbocycles. The number of benzene rings is 2. The third kappa shape index (κ3) is 3.18. The van der Waals surface area contributed by atoms with Gasteiger partial charge in [0.15, 0.2) is 0 Å². The summed E-state index contributed by atoms with van der Waals surface area (Å²) in [5, 5.41) is 7.65. The number of anilines is 1. The van der Waals surface area contributed by atoms with E-state index in [-0.39, 0.29) is 5.84 Å². The van der Waals surface area contributed by atoms with E-state index >= 15 is 0 Å². The Balaban J connectivity index is 2.28. The van der Waals surface area contributed by atoms with Crippen molar-refractivity contribution in [2.45, 2.75) is 20.4 Å². The van der Waals surface area contributed by atoms with Crippen LogP contribution in [-0.4, -0.2) is 12.9 Å². The van der Waals surface area contributed by atoms with Gasteiger partial charge in [0.1, 0.15) is 5.84 Å². The van der Waals surface area contributed by atoms with Crippen LogP contribution in [0.1, 0.15) is 22.3 Å². The maximum Gasteiger partial charge on any atom is 0.123 e. The number of nitrogens with zero attached hydrogens (tertiary/aromatic N) is 1. The molecule has 2 rings (SSSR count). The molecule has 0 heterocycles. The van der Waals surface area contributed by atoms with E-state index in [0.717, 1.165) is 17.7 Å². The van der Waals surface area contributed by atoms with Crippen LogP contribution in [0, 0.1) is 19.3 Å². The minimum Gasteiger partial charge on any atom is -0.384 e. The average Bonchev–Trinajstić information content (AvgIpc) is 2.37. The second-order valence-electron chi connectivity index (χ2n) is 5.27. The largest absolute Gasteiger partial charge is 0.384 e. The lowest BCUT2D eigenvalue weighted by Gasteiger charge is -2.22. The van der Waals surface area contributed by atoms with Crippen LogP contribution in [-0.2, 0) is 6.54 Å². The highest BCUT2D eigenvalue weighted by atomic mass is 15.1. The Hall–Kier alpha value is -2.29. The van der Waals surface area contributed by atoms with E-state index in [9.17, 15) is 0 Å². The first kappa shape index (κ1) is 14.1. The fourth-order valence-corrected chi connectivity index (χ4v) is 2.44. The molecular formula is C17H21N3. The van der Waals surface area contributed by atoms with Gasteiger partial charge in [0.2, 0.25) is 0 Å². The van der Waals surface area contributed by atoms with Gasteiger partial charge in [-0.15, -0.1) is 0 Å². The summed E-state index contributed by atoms with van der Waals surface area (Å²) in [6.07, 6.45) is 0. The molecule has 0 fully saturated rings. The first-order valence-electron chi connectivity index (χ1n) is 6.69. The molecular weight excluding hydrogens is 246 g/mol. The second-order valence-corrected chi connectivity index (χ2v) is 5.27. The smallest absolute Gasteiger partial charge is 0.123 e. The minimum absolute atomic E-state index is 0.120. The number of rotatable bonds is 4. The van der Waals surface area contributed by atoms with Gasteiger partial charge >= 0.3 is 0 Å². The topological polar surface area (TPSA) is 53.1 Å². The normalized spacial score (nSPS) is 10.3. The second kappa shape index (κ2) is 5.78. The van der Waals surface area contributed by atoms with E-state index in [1.54, 1.807) is 0 Å². The lowest BCUT2D eigenvalue weighted by atomic mass is 10.1. The summed E-state index contributed by atoms with van der Waals surface area (Å²) in [4.78, 5) is 2.18. The van der Waals surface area contributed by atoms with E-state index in [1.165, 1.54) is 16.8 Å². The SMILES string of the molecule is Cc1cc(C)cc(N(C)Cc2ccccc2C(=N)N)c1. The Morgan fingerprint density at radius 1 is 1.10 bits per heavy atom. The lowest BCUT2D eigenvalue weighted by Crippen LogP contribution is -2.21. The molecule has 0 radical (unpaired) electrons. The van der Waals surface area contributed by atoms with Gasteiger partial charge in [-0.2, -0.15) is 0 Å². The van der Waals surface area contributed by atoms with Gasteiger partial charge in [0, 0.05) is 24.8 Å². The van der Waals surface area contributed by atoms with Crippen LogP contribution >= 0.6 is 0 Å². The summed E-state index contributed by atoms with van der Waals surface area (Å²) in [6, 6.07) is 14.3. The number of nitrogen functional groups attached to an aromatic ring is 1. The number of nitrogens with one attached hydrogen (secondary N) is 1. The molecule has 20 heavy (non-hydrogen) atoms. The standard InChI is InChI=1S/C17H21N3/c1-12-8-13(2)10-15(9-12)20(3)11-14-6-4-5-7-16(14)17(18)19/h4-10H,11H2,1-3H3,(H3,18,19). The van der Waals surface area contributed by atoms with Crippen molar-refractivity contribution in [2.24, 2.45) is 5.73 Å². The van der Waals surface area contributed by atoms with Crippen molar-refractivity contribution in [3.63, 3.8) is 0 Å². The molecule has 3 heteroatoms. The van der Waals surface area contributed by atoms with Crippen LogP contribution in [0.25, 0.3) is 0 Å². The number of hydrogen-bond acceptors (Lipinski definition) is 2. The fraction of sp³-hybridized carbons (Fsp3) is 0.235. The number of amidine groups is 1. The molecule has 2 aromatic rings. The number of hydrogen-bond donors (Lipinski definition) is 2. The summed E-state index contributed by atoms with van der Waals surface area (Å²) in [5.74, 6) is 0.120. The Morgan fingerprint density at radius 2 is 1.70 bits per heavy atom. The van der Waals surface area contributed by atoms with Crippen LogP contribution < -0.4 is 10.6 Å². The van der Waals surface area contributed by atoms with Crippen molar-refractivity contribution in [3.05, 3.63) is 64.7 Å². The predicted molar refractivity (Wildman–Crippen MR) is 85.5 cm³/mol. The molecule has 0 atom stereocenters. The van der Waals surface area contributed by atoms with Gasteiger partial charge in [-0.1, -0.05) is 30.3 Å². The maximum absolute atomic E-state index is 7.65. The Labute approximate surface area is 120 Å². The van der Waals surface area contributed by atoms with Gasteiger partial charge in [0.05, 0.1) is 0 Å². The highest BCUT2D eigenvalue weighted by molar-refractivity contribution is 5.96. The molecule has 0 unspecified atom stereocenters. The summed E-state index contributed by atoms with van der Waals surface area (Å²) in [6.45, 7) is 4.94.